The molecule has 0 bridgehead atoms. The van der Waals surface area contributed by atoms with E-state index in [1.807, 2.05) is 9.80 Å². The van der Waals surface area contributed by atoms with Gasteiger partial charge in [-0.05, 0) is 49.1 Å². The van der Waals surface area contributed by atoms with Gasteiger partial charge in [0.2, 0.25) is 11.8 Å². The van der Waals surface area contributed by atoms with Gasteiger partial charge in [-0.25, -0.2) is 0 Å². The molecule has 2 amide bonds. The Hall–Kier alpha value is -1.59. The second kappa shape index (κ2) is 9.07. The van der Waals surface area contributed by atoms with Gasteiger partial charge in [0.05, 0.1) is 6.54 Å². The molecule has 0 spiro atoms. The second-order valence-electron chi connectivity index (χ2n) is 7.98. The van der Waals surface area contributed by atoms with Gasteiger partial charge in [0, 0.05) is 38.6 Å². The zero-order valence-electron chi connectivity index (χ0n) is 15.9. The number of aryl methyl sites for hydroxylation is 1. The van der Waals surface area contributed by atoms with Crippen molar-refractivity contribution in [2.75, 3.05) is 32.7 Å². The van der Waals surface area contributed by atoms with Crippen LogP contribution in [0.2, 0.25) is 0 Å². The van der Waals surface area contributed by atoms with Gasteiger partial charge < -0.3 is 15.1 Å². The SMILES string of the molecule is Cl.O=C(CC1CCc2ccccc2C1)N1CCCC(N2CCNCC2=O)C1. The minimum atomic E-state index is 0. The zero-order valence-corrected chi connectivity index (χ0v) is 16.7. The average molecular weight is 392 g/mol. The van der Waals surface area contributed by atoms with E-state index in [2.05, 4.69) is 29.6 Å². The van der Waals surface area contributed by atoms with Crippen LogP contribution in [0.5, 0.6) is 0 Å². The van der Waals surface area contributed by atoms with Crippen molar-refractivity contribution in [1.82, 2.24) is 15.1 Å². The predicted molar refractivity (Wildman–Crippen MR) is 108 cm³/mol. The van der Waals surface area contributed by atoms with Crippen molar-refractivity contribution >= 4 is 24.2 Å². The molecule has 0 radical (unpaired) electrons. The van der Waals surface area contributed by atoms with E-state index in [0.29, 0.717) is 25.4 Å². The van der Waals surface area contributed by atoms with Crippen LogP contribution in [0.3, 0.4) is 0 Å². The topological polar surface area (TPSA) is 52.7 Å². The van der Waals surface area contributed by atoms with Crippen LogP contribution in [0.4, 0.5) is 0 Å². The first-order valence-corrected chi connectivity index (χ1v) is 10.1. The molecule has 1 aliphatic carbocycles. The van der Waals surface area contributed by atoms with Crippen molar-refractivity contribution < 1.29 is 9.59 Å². The molecule has 6 heteroatoms. The number of amides is 2. The van der Waals surface area contributed by atoms with Gasteiger partial charge in [0.25, 0.3) is 0 Å². The van der Waals surface area contributed by atoms with Gasteiger partial charge in [-0.3, -0.25) is 9.59 Å². The highest BCUT2D eigenvalue weighted by molar-refractivity contribution is 5.85. The molecule has 1 aromatic rings. The summed E-state index contributed by atoms with van der Waals surface area (Å²) in [7, 11) is 0. The maximum absolute atomic E-state index is 12.9. The number of halogens is 1. The van der Waals surface area contributed by atoms with E-state index in [1.165, 1.54) is 11.1 Å². The fraction of sp³-hybridized carbons (Fsp3) is 0.619. The predicted octanol–water partition coefficient (Wildman–Crippen LogP) is 2.03. The van der Waals surface area contributed by atoms with E-state index in [-0.39, 0.29) is 30.3 Å². The first-order chi connectivity index (χ1) is 12.7. The molecule has 3 aliphatic rings. The van der Waals surface area contributed by atoms with Gasteiger partial charge in [-0.1, -0.05) is 24.3 Å². The fourth-order valence-electron chi connectivity index (χ4n) is 4.77. The van der Waals surface area contributed by atoms with Crippen molar-refractivity contribution in [3.63, 3.8) is 0 Å². The first kappa shape index (κ1) is 20.2. The van der Waals surface area contributed by atoms with E-state index >= 15 is 0 Å². The summed E-state index contributed by atoms with van der Waals surface area (Å²) in [6, 6.07) is 8.83. The minimum absolute atomic E-state index is 0. The lowest BCUT2D eigenvalue weighted by atomic mass is 9.82. The number of piperazine rings is 1. The molecule has 1 N–H and O–H groups in total. The fourth-order valence-corrected chi connectivity index (χ4v) is 4.77. The van der Waals surface area contributed by atoms with Crippen molar-refractivity contribution in [2.24, 2.45) is 5.92 Å². The monoisotopic (exact) mass is 391 g/mol. The maximum atomic E-state index is 12.9. The lowest BCUT2D eigenvalue weighted by Gasteiger charge is -2.41. The third kappa shape index (κ3) is 4.64. The number of benzene rings is 1. The van der Waals surface area contributed by atoms with Gasteiger partial charge >= 0.3 is 0 Å². The number of fused-ring (bicyclic) bond motifs is 1. The molecule has 0 aromatic heterocycles. The molecule has 0 saturated carbocycles. The van der Waals surface area contributed by atoms with Crippen LogP contribution < -0.4 is 5.32 Å². The highest BCUT2D eigenvalue weighted by Crippen LogP contribution is 2.28. The van der Waals surface area contributed by atoms with Gasteiger partial charge in [-0.2, -0.15) is 0 Å². The molecule has 1 aromatic carbocycles. The molecule has 2 heterocycles. The number of nitrogens with one attached hydrogen (secondary N) is 1. The molecule has 2 saturated heterocycles. The molecule has 5 nitrogen and oxygen atoms in total. The van der Waals surface area contributed by atoms with Crippen LogP contribution in [0.25, 0.3) is 0 Å². The molecule has 2 aliphatic heterocycles. The van der Waals surface area contributed by atoms with Gasteiger partial charge in [0.1, 0.15) is 0 Å². The lowest BCUT2D eigenvalue weighted by Crippen LogP contribution is -2.57. The molecule has 4 rings (SSSR count). The van der Waals surface area contributed by atoms with E-state index < -0.39 is 0 Å². The van der Waals surface area contributed by atoms with E-state index in [1.54, 1.807) is 0 Å². The highest BCUT2D eigenvalue weighted by atomic mass is 35.5. The summed E-state index contributed by atoms with van der Waals surface area (Å²) in [5.41, 5.74) is 2.87. The summed E-state index contributed by atoms with van der Waals surface area (Å²) >= 11 is 0. The molecule has 2 atom stereocenters. The Morgan fingerprint density at radius 3 is 2.78 bits per heavy atom. The van der Waals surface area contributed by atoms with Crippen LogP contribution >= 0.6 is 12.4 Å². The number of rotatable bonds is 3. The lowest BCUT2D eigenvalue weighted by molar-refractivity contribution is -0.141. The van der Waals surface area contributed by atoms with Crippen LogP contribution in [0, 0.1) is 5.92 Å². The van der Waals surface area contributed by atoms with Crippen molar-refractivity contribution in [3.8, 4) is 0 Å². The molecule has 2 fully saturated rings. The standard InChI is InChI=1S/C21H29N3O2.ClH/c25-20(13-16-7-8-17-4-1-2-5-18(17)12-16)23-10-3-6-19(15-23)24-11-9-22-14-21(24)26;/h1-2,4-5,16,19,22H,3,6-15H2;1H. The Labute approximate surface area is 167 Å². The van der Waals surface area contributed by atoms with Crippen LogP contribution in [-0.2, 0) is 22.4 Å². The Kier molecular flexibility index (Phi) is 6.77. The Balaban J connectivity index is 0.00000210. The summed E-state index contributed by atoms with van der Waals surface area (Å²) in [5, 5.41) is 3.13. The molecular weight excluding hydrogens is 362 g/mol. The smallest absolute Gasteiger partial charge is 0.236 e. The van der Waals surface area contributed by atoms with E-state index in [4.69, 9.17) is 0 Å². The minimum Gasteiger partial charge on any atom is -0.341 e. The summed E-state index contributed by atoms with van der Waals surface area (Å²) in [4.78, 5) is 29.1. The summed E-state index contributed by atoms with van der Waals surface area (Å²) in [6.07, 6.45) is 5.89. The number of likely N-dealkylation sites (tertiary alicyclic amines) is 1. The molecular formula is C21H30ClN3O2. The molecule has 148 valence electrons. The zero-order chi connectivity index (χ0) is 17.9. The van der Waals surface area contributed by atoms with E-state index in [9.17, 15) is 9.59 Å². The largest absolute Gasteiger partial charge is 0.341 e. The van der Waals surface area contributed by atoms with Crippen LogP contribution in [-0.4, -0.2) is 60.4 Å². The second-order valence-corrected chi connectivity index (χ2v) is 7.98. The molecule has 27 heavy (non-hydrogen) atoms. The number of hydrogen-bond donors (Lipinski definition) is 1. The Bertz CT molecular complexity index is 681. The van der Waals surface area contributed by atoms with Crippen molar-refractivity contribution in [1.29, 1.82) is 0 Å². The number of carbonyl (C=O) groups excluding carboxylic acids is 2. The molecule has 2 unspecified atom stereocenters. The number of piperidine rings is 1. The van der Waals surface area contributed by atoms with Gasteiger partial charge in [0.15, 0.2) is 0 Å². The van der Waals surface area contributed by atoms with Crippen LogP contribution in [0.1, 0.15) is 36.8 Å². The van der Waals surface area contributed by atoms with Crippen molar-refractivity contribution in [3.05, 3.63) is 35.4 Å². The summed E-state index contributed by atoms with van der Waals surface area (Å²) in [6.45, 7) is 3.63. The number of hydrogen-bond acceptors (Lipinski definition) is 3. The van der Waals surface area contributed by atoms with Crippen molar-refractivity contribution in [2.45, 2.75) is 44.6 Å². The number of nitrogens with zero attached hydrogens (tertiary/aromatic N) is 2. The first-order valence-electron chi connectivity index (χ1n) is 10.1. The average Bonchev–Trinajstić information content (AvgIpc) is 2.68. The summed E-state index contributed by atoms with van der Waals surface area (Å²) < 4.78 is 0. The number of carbonyl (C=O) groups is 2. The Morgan fingerprint density at radius 2 is 1.96 bits per heavy atom. The quantitative estimate of drug-likeness (QED) is 0.857. The normalized spacial score (nSPS) is 25.6. The third-order valence-corrected chi connectivity index (χ3v) is 6.23. The summed E-state index contributed by atoms with van der Waals surface area (Å²) in [5.74, 6) is 0.916. The van der Waals surface area contributed by atoms with E-state index in [0.717, 1.165) is 51.7 Å². The maximum Gasteiger partial charge on any atom is 0.236 e. The van der Waals surface area contributed by atoms with Crippen LogP contribution in [0.15, 0.2) is 24.3 Å². The third-order valence-electron chi connectivity index (χ3n) is 6.23. The van der Waals surface area contributed by atoms with Gasteiger partial charge in [-0.15, -0.1) is 12.4 Å². The Morgan fingerprint density at radius 1 is 1.15 bits per heavy atom. The highest BCUT2D eigenvalue weighted by Gasteiger charge is 2.32.